The fraction of sp³-hybridized carbons (Fsp3) is 0.846. The van der Waals surface area contributed by atoms with Crippen LogP contribution in [-0.2, 0) is 19.3 Å². The highest BCUT2D eigenvalue weighted by Gasteiger charge is 2.21. The number of aliphatic hydroxyl groups excluding tert-OH is 1. The molecule has 274 valence electrons. The van der Waals surface area contributed by atoms with E-state index in [1.165, 1.54) is 122 Å². The SMILES string of the molecule is CCCCCCCCCCCCCC(OCCCCCCCCCCCC)OCC(O)COc1ccc(N2CCS(=O)(=O)CC2)cc1. The molecule has 2 rings (SSSR count). The number of ether oxygens (including phenoxy) is 3. The maximum absolute atomic E-state index is 11.7. The number of unbranched alkanes of at least 4 members (excludes halogenated alkanes) is 19. The molecule has 0 aliphatic carbocycles. The Hall–Kier alpha value is -1.35. The Morgan fingerprint density at radius 2 is 1.11 bits per heavy atom. The van der Waals surface area contributed by atoms with Crippen molar-refractivity contribution in [3.63, 3.8) is 0 Å². The molecule has 1 aromatic carbocycles. The summed E-state index contributed by atoms with van der Waals surface area (Å²) >= 11 is 0. The molecular formula is C39H71NO6S. The van der Waals surface area contributed by atoms with Gasteiger partial charge in [-0.1, -0.05) is 136 Å². The van der Waals surface area contributed by atoms with Gasteiger partial charge in [0, 0.05) is 25.4 Å². The summed E-state index contributed by atoms with van der Waals surface area (Å²) in [4.78, 5) is 2.08. The van der Waals surface area contributed by atoms with Crippen LogP contribution in [0.2, 0.25) is 0 Å². The average Bonchev–Trinajstić information content (AvgIpc) is 3.07. The molecule has 1 aliphatic rings. The largest absolute Gasteiger partial charge is 0.491 e. The van der Waals surface area contributed by atoms with E-state index in [0.717, 1.165) is 24.9 Å². The van der Waals surface area contributed by atoms with Gasteiger partial charge in [0.15, 0.2) is 16.1 Å². The molecule has 1 heterocycles. The third kappa shape index (κ3) is 22.1. The van der Waals surface area contributed by atoms with Gasteiger partial charge in [-0.15, -0.1) is 0 Å². The van der Waals surface area contributed by atoms with Crippen LogP contribution in [0.4, 0.5) is 5.69 Å². The predicted molar refractivity (Wildman–Crippen MR) is 197 cm³/mol. The van der Waals surface area contributed by atoms with Crippen LogP contribution < -0.4 is 9.64 Å². The summed E-state index contributed by atoms with van der Waals surface area (Å²) in [6.07, 6.45) is 27.3. The summed E-state index contributed by atoms with van der Waals surface area (Å²) in [5.74, 6) is 1.06. The van der Waals surface area contributed by atoms with Crippen molar-refractivity contribution in [3.8, 4) is 5.75 Å². The molecule has 1 fully saturated rings. The molecule has 1 aromatic rings. The standard InChI is InChI=1S/C39H71NO6S/c1-3-5-7-9-11-13-15-16-18-20-22-24-39(44-31-23-21-19-17-14-12-10-8-6-4-2)46-35-37(41)34-45-38-27-25-36(26-28-38)40-29-32-47(42,43)33-30-40/h25-28,37,39,41H,3-24,29-35H2,1-2H3. The van der Waals surface area contributed by atoms with Gasteiger partial charge in [-0.25, -0.2) is 8.42 Å². The molecule has 47 heavy (non-hydrogen) atoms. The first-order valence-corrected chi connectivity index (χ1v) is 21.3. The second-order valence-corrected chi connectivity index (χ2v) is 16.0. The maximum Gasteiger partial charge on any atom is 0.157 e. The zero-order chi connectivity index (χ0) is 33.8. The van der Waals surface area contributed by atoms with Gasteiger partial charge in [-0.05, 0) is 43.5 Å². The average molecular weight is 682 g/mol. The second-order valence-electron chi connectivity index (χ2n) is 13.7. The Labute approximate surface area is 289 Å². The van der Waals surface area contributed by atoms with Gasteiger partial charge in [0.2, 0.25) is 0 Å². The summed E-state index contributed by atoms with van der Waals surface area (Å²) < 4.78 is 41.5. The molecule has 0 aromatic heterocycles. The number of aliphatic hydroxyl groups is 1. The first-order valence-electron chi connectivity index (χ1n) is 19.5. The van der Waals surface area contributed by atoms with Crippen molar-refractivity contribution >= 4 is 15.5 Å². The molecule has 1 saturated heterocycles. The minimum atomic E-state index is -2.91. The van der Waals surface area contributed by atoms with E-state index >= 15 is 0 Å². The molecule has 0 bridgehead atoms. The Bertz CT molecular complexity index is 917. The lowest BCUT2D eigenvalue weighted by Crippen LogP contribution is -2.40. The first kappa shape index (κ1) is 41.8. The van der Waals surface area contributed by atoms with Crippen molar-refractivity contribution in [1.29, 1.82) is 0 Å². The van der Waals surface area contributed by atoms with Gasteiger partial charge in [-0.2, -0.15) is 0 Å². The molecule has 2 atom stereocenters. The molecule has 0 saturated carbocycles. The molecule has 0 radical (unpaired) electrons. The monoisotopic (exact) mass is 682 g/mol. The van der Waals surface area contributed by atoms with E-state index in [1.54, 1.807) is 0 Å². The summed E-state index contributed by atoms with van der Waals surface area (Å²) in [5, 5.41) is 10.6. The van der Waals surface area contributed by atoms with Gasteiger partial charge in [0.1, 0.15) is 18.5 Å². The number of benzene rings is 1. The second kappa shape index (κ2) is 27.5. The highest BCUT2D eigenvalue weighted by atomic mass is 32.2. The smallest absolute Gasteiger partial charge is 0.157 e. The van der Waals surface area contributed by atoms with Crippen molar-refractivity contribution in [1.82, 2.24) is 0 Å². The van der Waals surface area contributed by atoms with Crippen LogP contribution in [0, 0.1) is 0 Å². The van der Waals surface area contributed by atoms with Gasteiger partial charge < -0.3 is 24.2 Å². The third-order valence-corrected chi connectivity index (χ3v) is 10.9. The van der Waals surface area contributed by atoms with E-state index in [-0.39, 0.29) is 31.0 Å². The van der Waals surface area contributed by atoms with Crippen LogP contribution in [0.25, 0.3) is 0 Å². The molecular weight excluding hydrogens is 610 g/mol. The minimum absolute atomic E-state index is 0.144. The van der Waals surface area contributed by atoms with E-state index in [4.69, 9.17) is 14.2 Å². The Morgan fingerprint density at radius 3 is 1.62 bits per heavy atom. The van der Waals surface area contributed by atoms with Crippen molar-refractivity contribution in [3.05, 3.63) is 24.3 Å². The minimum Gasteiger partial charge on any atom is -0.491 e. The number of hydrogen-bond acceptors (Lipinski definition) is 7. The third-order valence-electron chi connectivity index (χ3n) is 9.31. The zero-order valence-electron chi connectivity index (χ0n) is 30.3. The van der Waals surface area contributed by atoms with Crippen molar-refractivity contribution in [2.24, 2.45) is 0 Å². The fourth-order valence-corrected chi connectivity index (χ4v) is 7.38. The highest BCUT2D eigenvalue weighted by Crippen LogP contribution is 2.22. The van der Waals surface area contributed by atoms with E-state index in [9.17, 15) is 13.5 Å². The Kier molecular flexibility index (Phi) is 24.4. The summed E-state index contributed by atoms with van der Waals surface area (Å²) in [6, 6.07) is 7.64. The number of anilines is 1. The van der Waals surface area contributed by atoms with Crippen LogP contribution in [0.3, 0.4) is 0 Å². The van der Waals surface area contributed by atoms with E-state index in [2.05, 4.69) is 18.7 Å². The van der Waals surface area contributed by atoms with Gasteiger partial charge in [0.25, 0.3) is 0 Å². The summed E-state index contributed by atoms with van der Waals surface area (Å²) in [5.41, 5.74) is 0.987. The van der Waals surface area contributed by atoms with Gasteiger partial charge in [-0.3, -0.25) is 0 Å². The molecule has 7 nitrogen and oxygen atoms in total. The first-order chi connectivity index (χ1) is 22.9. The normalized spacial score (nSPS) is 15.9. The topological polar surface area (TPSA) is 85.3 Å². The Morgan fingerprint density at radius 1 is 0.638 bits per heavy atom. The fourth-order valence-electron chi connectivity index (χ4n) is 6.18. The lowest BCUT2D eigenvalue weighted by molar-refractivity contribution is -0.164. The lowest BCUT2D eigenvalue weighted by Gasteiger charge is -2.28. The number of sulfone groups is 1. The van der Waals surface area contributed by atoms with Gasteiger partial charge in [0.05, 0.1) is 18.1 Å². The highest BCUT2D eigenvalue weighted by molar-refractivity contribution is 7.91. The molecule has 8 heteroatoms. The van der Waals surface area contributed by atoms with Crippen LogP contribution in [0.15, 0.2) is 24.3 Å². The molecule has 2 unspecified atom stereocenters. The van der Waals surface area contributed by atoms with E-state index in [0.29, 0.717) is 25.4 Å². The van der Waals surface area contributed by atoms with E-state index in [1.807, 2.05) is 24.3 Å². The number of nitrogens with zero attached hydrogens (tertiary/aromatic N) is 1. The van der Waals surface area contributed by atoms with Crippen LogP contribution in [0.1, 0.15) is 155 Å². The van der Waals surface area contributed by atoms with Crippen LogP contribution in [0.5, 0.6) is 5.75 Å². The summed E-state index contributed by atoms with van der Waals surface area (Å²) in [6.45, 7) is 6.60. The van der Waals surface area contributed by atoms with Crippen molar-refractivity contribution in [2.45, 2.75) is 167 Å². The van der Waals surface area contributed by atoms with E-state index < -0.39 is 15.9 Å². The number of hydrogen-bond donors (Lipinski definition) is 1. The molecule has 1 N–H and O–H groups in total. The predicted octanol–water partition coefficient (Wildman–Crippen LogP) is 9.64. The quantitative estimate of drug-likeness (QED) is 0.0617. The maximum atomic E-state index is 11.7. The van der Waals surface area contributed by atoms with Crippen molar-refractivity contribution < 1.29 is 27.7 Å². The lowest BCUT2D eigenvalue weighted by atomic mass is 10.1. The molecule has 0 spiro atoms. The zero-order valence-corrected chi connectivity index (χ0v) is 31.1. The Balaban J connectivity index is 1.64. The number of rotatable bonds is 31. The van der Waals surface area contributed by atoms with Crippen LogP contribution >= 0.6 is 0 Å². The molecule has 1 aliphatic heterocycles. The molecule has 0 amide bonds. The van der Waals surface area contributed by atoms with Crippen LogP contribution in [-0.4, -0.2) is 70.3 Å². The van der Waals surface area contributed by atoms with Gasteiger partial charge >= 0.3 is 0 Å². The van der Waals surface area contributed by atoms with Crippen molar-refractivity contribution in [2.75, 3.05) is 49.3 Å². The summed E-state index contributed by atoms with van der Waals surface area (Å²) in [7, 11) is -2.91.